The second kappa shape index (κ2) is 7.33. The highest BCUT2D eigenvalue weighted by Gasteiger charge is 2.27. The fraction of sp³-hybridized carbons (Fsp3) is 0.389. The third-order valence-electron chi connectivity index (χ3n) is 4.47. The van der Waals surface area contributed by atoms with Crippen LogP contribution >= 0.6 is 11.3 Å². The molecule has 0 saturated carbocycles. The second-order valence-corrected chi connectivity index (χ2v) is 7.21. The number of Topliss-reactive ketones (excluding diaryl/α,β-unsaturated/α-hetero) is 1. The minimum absolute atomic E-state index is 0.142. The molecule has 0 spiro atoms. The van der Waals surface area contributed by atoms with Crippen molar-refractivity contribution in [3.8, 4) is 0 Å². The number of benzene rings is 1. The highest BCUT2D eigenvalue weighted by Crippen LogP contribution is 2.28. The van der Waals surface area contributed by atoms with Crippen LogP contribution in [-0.4, -0.2) is 34.7 Å². The van der Waals surface area contributed by atoms with Gasteiger partial charge in [-0.25, -0.2) is 15.8 Å². The standard InChI is InChI=1S/C18H22N4O2S/c1-12(21-10-6-3-7-11-21)16(13(2)23)17(24)22(19)18-20-14-8-4-5-9-15(14)25-18/h4-5,8-9H,3,6-7,10-11,19H2,1-2H3/b16-12-. The molecule has 3 rings (SSSR count). The van der Waals surface area contributed by atoms with E-state index in [0.717, 1.165) is 41.2 Å². The van der Waals surface area contributed by atoms with Crippen LogP contribution in [0.1, 0.15) is 33.1 Å². The highest BCUT2D eigenvalue weighted by atomic mass is 32.1. The number of amides is 1. The van der Waals surface area contributed by atoms with E-state index in [-0.39, 0.29) is 11.4 Å². The zero-order valence-corrected chi connectivity index (χ0v) is 15.3. The molecule has 0 aliphatic carbocycles. The van der Waals surface area contributed by atoms with Crippen molar-refractivity contribution in [3.05, 3.63) is 35.5 Å². The molecule has 1 fully saturated rings. The Kier molecular flexibility index (Phi) is 5.15. The Morgan fingerprint density at radius 2 is 1.84 bits per heavy atom. The van der Waals surface area contributed by atoms with Gasteiger partial charge in [0.1, 0.15) is 5.57 Å². The summed E-state index contributed by atoms with van der Waals surface area (Å²) in [4.78, 5) is 31.6. The Balaban J connectivity index is 1.92. The number of likely N-dealkylation sites (tertiary alicyclic amines) is 1. The van der Waals surface area contributed by atoms with Crippen LogP contribution < -0.4 is 10.9 Å². The molecule has 0 unspecified atom stereocenters. The van der Waals surface area contributed by atoms with Crippen LogP contribution in [-0.2, 0) is 9.59 Å². The number of hydrogen-bond acceptors (Lipinski definition) is 6. The van der Waals surface area contributed by atoms with Crippen molar-refractivity contribution in [2.45, 2.75) is 33.1 Å². The first-order chi connectivity index (χ1) is 12.0. The summed E-state index contributed by atoms with van der Waals surface area (Å²) in [5.74, 6) is 5.26. The van der Waals surface area contributed by atoms with Gasteiger partial charge in [-0.15, -0.1) is 0 Å². The number of aromatic nitrogens is 1. The maximum absolute atomic E-state index is 12.9. The van der Waals surface area contributed by atoms with Crippen molar-refractivity contribution >= 4 is 38.4 Å². The molecule has 2 aromatic rings. The molecule has 2 heterocycles. The van der Waals surface area contributed by atoms with Gasteiger partial charge in [0.15, 0.2) is 5.78 Å². The van der Waals surface area contributed by atoms with Gasteiger partial charge in [-0.2, -0.15) is 0 Å². The van der Waals surface area contributed by atoms with Crippen LogP contribution in [0.25, 0.3) is 10.2 Å². The number of ketones is 1. The Labute approximate surface area is 150 Å². The molecule has 0 bridgehead atoms. The molecule has 1 aliphatic rings. The average Bonchev–Trinajstić information content (AvgIpc) is 3.05. The Bertz CT molecular complexity index is 803. The molecule has 0 atom stereocenters. The molecule has 1 amide bonds. The summed E-state index contributed by atoms with van der Waals surface area (Å²) < 4.78 is 0.946. The van der Waals surface area contributed by atoms with Crippen LogP contribution in [0.3, 0.4) is 0 Å². The molecule has 1 aromatic carbocycles. The van der Waals surface area contributed by atoms with Gasteiger partial charge in [0, 0.05) is 18.8 Å². The summed E-state index contributed by atoms with van der Waals surface area (Å²) in [6.07, 6.45) is 3.32. The number of carbonyl (C=O) groups excluding carboxylic acids is 2. The summed E-state index contributed by atoms with van der Waals surface area (Å²) in [7, 11) is 0. The SMILES string of the molecule is CC(=O)/C(C(=O)N(N)c1nc2ccccc2s1)=C(\C)N1CCCCC1. The first-order valence-electron chi connectivity index (χ1n) is 8.40. The minimum Gasteiger partial charge on any atom is -0.374 e. The average molecular weight is 358 g/mol. The van der Waals surface area contributed by atoms with Gasteiger partial charge in [-0.3, -0.25) is 9.59 Å². The van der Waals surface area contributed by atoms with E-state index in [0.29, 0.717) is 10.8 Å². The number of hydrogen-bond donors (Lipinski definition) is 1. The van der Waals surface area contributed by atoms with Gasteiger partial charge in [-0.1, -0.05) is 23.5 Å². The summed E-state index contributed by atoms with van der Waals surface area (Å²) in [6, 6.07) is 7.59. The van der Waals surface area contributed by atoms with Crippen molar-refractivity contribution in [2.75, 3.05) is 18.1 Å². The third kappa shape index (κ3) is 3.57. The third-order valence-corrected chi connectivity index (χ3v) is 5.50. The van der Waals surface area contributed by atoms with E-state index in [9.17, 15) is 9.59 Å². The van der Waals surface area contributed by atoms with E-state index in [4.69, 9.17) is 5.84 Å². The Morgan fingerprint density at radius 1 is 1.16 bits per heavy atom. The molecule has 0 radical (unpaired) electrons. The maximum Gasteiger partial charge on any atom is 0.279 e. The molecule has 2 N–H and O–H groups in total. The van der Waals surface area contributed by atoms with Crippen LogP contribution in [0.4, 0.5) is 5.13 Å². The Morgan fingerprint density at radius 3 is 2.48 bits per heavy atom. The number of hydrazine groups is 1. The van der Waals surface area contributed by atoms with Crippen LogP contribution in [0.5, 0.6) is 0 Å². The van der Waals surface area contributed by atoms with Crippen molar-refractivity contribution in [2.24, 2.45) is 5.84 Å². The number of nitrogens with two attached hydrogens (primary N) is 1. The molecule has 7 heteroatoms. The van der Waals surface area contributed by atoms with Gasteiger partial charge in [0.05, 0.1) is 10.2 Å². The van der Waals surface area contributed by atoms with Gasteiger partial charge >= 0.3 is 0 Å². The molecule has 1 aliphatic heterocycles. The quantitative estimate of drug-likeness (QED) is 0.227. The zero-order valence-electron chi connectivity index (χ0n) is 14.5. The predicted molar refractivity (Wildman–Crippen MR) is 100 cm³/mol. The molecule has 6 nitrogen and oxygen atoms in total. The molecule has 1 aromatic heterocycles. The van der Waals surface area contributed by atoms with Crippen molar-refractivity contribution in [3.63, 3.8) is 0 Å². The summed E-state index contributed by atoms with van der Waals surface area (Å²) in [6.45, 7) is 4.96. The lowest BCUT2D eigenvalue weighted by Crippen LogP contribution is -2.42. The van der Waals surface area contributed by atoms with Gasteiger partial charge < -0.3 is 4.90 Å². The predicted octanol–water partition coefficient (Wildman–Crippen LogP) is 2.85. The molecule has 1 saturated heterocycles. The number of thiazole rings is 1. The highest BCUT2D eigenvalue weighted by molar-refractivity contribution is 7.22. The number of carbonyl (C=O) groups is 2. The smallest absolute Gasteiger partial charge is 0.279 e. The van der Waals surface area contributed by atoms with Crippen molar-refractivity contribution in [1.29, 1.82) is 0 Å². The van der Waals surface area contributed by atoms with Crippen LogP contribution in [0.15, 0.2) is 35.5 Å². The Hall–Kier alpha value is -2.25. The van der Waals surface area contributed by atoms with E-state index < -0.39 is 5.91 Å². The number of anilines is 1. The summed E-state index contributed by atoms with van der Waals surface area (Å²) in [5.41, 5.74) is 1.63. The monoisotopic (exact) mass is 358 g/mol. The second-order valence-electron chi connectivity index (χ2n) is 6.20. The fourth-order valence-electron chi connectivity index (χ4n) is 3.12. The van der Waals surface area contributed by atoms with Gasteiger partial charge in [-0.05, 0) is 45.2 Å². The van der Waals surface area contributed by atoms with Crippen LogP contribution in [0.2, 0.25) is 0 Å². The maximum atomic E-state index is 12.9. The van der Waals surface area contributed by atoms with Crippen LogP contribution in [0, 0.1) is 0 Å². The first kappa shape index (κ1) is 17.6. The van der Waals surface area contributed by atoms with Crippen molar-refractivity contribution in [1.82, 2.24) is 9.88 Å². The molecular weight excluding hydrogens is 336 g/mol. The fourth-order valence-corrected chi connectivity index (χ4v) is 4.00. The van der Waals surface area contributed by atoms with Crippen molar-refractivity contribution < 1.29 is 9.59 Å². The molecular formula is C18H22N4O2S. The van der Waals surface area contributed by atoms with E-state index in [1.165, 1.54) is 24.7 Å². The van der Waals surface area contributed by atoms with E-state index in [1.807, 2.05) is 31.2 Å². The zero-order chi connectivity index (χ0) is 18.0. The lowest BCUT2D eigenvalue weighted by atomic mass is 10.1. The first-order valence-corrected chi connectivity index (χ1v) is 9.22. The van der Waals surface area contributed by atoms with Gasteiger partial charge in [0.2, 0.25) is 5.13 Å². The topological polar surface area (TPSA) is 79.5 Å². The minimum atomic E-state index is -0.505. The lowest BCUT2D eigenvalue weighted by molar-refractivity contribution is -0.120. The normalized spacial score (nSPS) is 15.9. The molecule has 25 heavy (non-hydrogen) atoms. The van der Waals surface area contributed by atoms with Gasteiger partial charge in [0.25, 0.3) is 5.91 Å². The van der Waals surface area contributed by atoms with E-state index in [1.54, 1.807) is 0 Å². The molecule has 132 valence electrons. The summed E-state index contributed by atoms with van der Waals surface area (Å²) in [5, 5.41) is 1.38. The number of rotatable bonds is 4. The lowest BCUT2D eigenvalue weighted by Gasteiger charge is -2.31. The number of allylic oxidation sites excluding steroid dienone is 1. The number of nitrogens with zero attached hydrogens (tertiary/aromatic N) is 3. The number of fused-ring (bicyclic) bond motifs is 1. The number of para-hydroxylation sites is 1. The van der Waals surface area contributed by atoms with E-state index >= 15 is 0 Å². The largest absolute Gasteiger partial charge is 0.374 e. The summed E-state index contributed by atoms with van der Waals surface area (Å²) >= 11 is 1.33. The van der Waals surface area contributed by atoms with E-state index in [2.05, 4.69) is 9.88 Å². The number of piperidine rings is 1.